The Morgan fingerprint density at radius 1 is 1.45 bits per heavy atom. The minimum Gasteiger partial charge on any atom is -0.405 e. The van der Waals surface area contributed by atoms with Crippen molar-refractivity contribution in [3.63, 3.8) is 0 Å². The number of hydrogen-bond donors (Lipinski definition) is 4. The zero-order valence-electron chi connectivity index (χ0n) is 5.95. The van der Waals surface area contributed by atoms with Gasteiger partial charge in [0.25, 0.3) is 0 Å². The predicted molar refractivity (Wildman–Crippen MR) is 47.3 cm³/mol. The van der Waals surface area contributed by atoms with E-state index in [0.29, 0.717) is 5.57 Å². The van der Waals surface area contributed by atoms with E-state index in [1.54, 1.807) is 0 Å². The Bertz CT molecular complexity index is 206. The number of nitrogens with two attached hydrogens (primary N) is 3. The van der Waals surface area contributed by atoms with Crippen LogP contribution in [0.2, 0.25) is 0 Å². The van der Waals surface area contributed by atoms with Crippen LogP contribution in [0.3, 0.4) is 0 Å². The van der Waals surface area contributed by atoms with Crippen LogP contribution in [0.15, 0.2) is 22.9 Å². The molecule has 0 aliphatic heterocycles. The first kappa shape index (κ1) is 9.90. The zero-order chi connectivity index (χ0) is 8.85. The molecule has 0 aromatic rings. The van der Waals surface area contributed by atoms with Gasteiger partial charge in [0.2, 0.25) is 5.91 Å². The lowest BCUT2D eigenvalue weighted by molar-refractivity contribution is -0.117. The van der Waals surface area contributed by atoms with Crippen molar-refractivity contribution in [1.82, 2.24) is 0 Å². The predicted octanol–water partition coefficient (Wildman–Crippen LogP) is -0.566. The molecule has 0 aliphatic rings. The number of thiol groups is 1. The van der Waals surface area contributed by atoms with E-state index in [1.807, 2.05) is 0 Å². The van der Waals surface area contributed by atoms with Gasteiger partial charge >= 0.3 is 0 Å². The molecule has 0 rings (SSSR count). The number of amides is 1. The number of rotatable bonds is 3. The third kappa shape index (κ3) is 4.32. The third-order valence-electron chi connectivity index (χ3n) is 0.991. The van der Waals surface area contributed by atoms with Gasteiger partial charge in [0.05, 0.1) is 11.4 Å². The van der Waals surface area contributed by atoms with Crippen LogP contribution in [0.4, 0.5) is 0 Å². The fraction of sp³-hybridized carbons (Fsp3) is 0.167. The number of hydrogen-bond acceptors (Lipinski definition) is 4. The molecule has 4 nitrogen and oxygen atoms in total. The number of primary amides is 1. The van der Waals surface area contributed by atoms with E-state index in [1.165, 1.54) is 12.3 Å². The average molecular weight is 173 g/mol. The quantitative estimate of drug-likeness (QED) is 0.340. The van der Waals surface area contributed by atoms with Gasteiger partial charge in [0, 0.05) is 0 Å². The molecule has 0 unspecified atom stereocenters. The Hall–Kier alpha value is -1.10. The highest BCUT2D eigenvalue weighted by Crippen LogP contribution is 2.08. The average Bonchev–Trinajstić information content (AvgIpc) is 1.86. The second kappa shape index (κ2) is 4.68. The molecule has 5 heteroatoms. The Labute approximate surface area is 70.5 Å². The molecule has 6 N–H and O–H groups in total. The molecule has 0 spiro atoms. The highest BCUT2D eigenvalue weighted by atomic mass is 32.1. The Balaban J connectivity index is 4.37. The van der Waals surface area contributed by atoms with Crippen molar-refractivity contribution in [1.29, 1.82) is 0 Å². The Morgan fingerprint density at radius 2 is 2.00 bits per heavy atom. The number of carbonyl (C=O) groups is 1. The van der Waals surface area contributed by atoms with Crippen LogP contribution in [-0.2, 0) is 4.79 Å². The van der Waals surface area contributed by atoms with Gasteiger partial charge in [-0.1, -0.05) is 0 Å². The topological polar surface area (TPSA) is 95.1 Å². The normalized spacial score (nSPS) is 13.2. The van der Waals surface area contributed by atoms with Gasteiger partial charge in [-0.3, -0.25) is 4.79 Å². The minimum absolute atomic E-state index is 0.0586. The van der Waals surface area contributed by atoms with E-state index in [4.69, 9.17) is 17.2 Å². The fourth-order valence-electron chi connectivity index (χ4n) is 0.539. The largest absolute Gasteiger partial charge is 0.405 e. The molecular formula is C6H11N3OS. The van der Waals surface area contributed by atoms with Gasteiger partial charge in [-0.05, 0) is 17.8 Å². The Morgan fingerprint density at radius 3 is 2.27 bits per heavy atom. The summed E-state index contributed by atoms with van der Waals surface area (Å²) < 4.78 is 0. The van der Waals surface area contributed by atoms with Crippen molar-refractivity contribution >= 4 is 18.5 Å². The summed E-state index contributed by atoms with van der Waals surface area (Å²) in [6, 6.07) is 0. The van der Waals surface area contributed by atoms with E-state index in [0.717, 1.165) is 0 Å². The molecule has 0 bridgehead atoms. The van der Waals surface area contributed by atoms with Crippen LogP contribution >= 0.6 is 12.6 Å². The second-order valence-electron chi connectivity index (χ2n) is 1.91. The van der Waals surface area contributed by atoms with Crippen LogP contribution in [0.25, 0.3) is 0 Å². The maximum Gasteiger partial charge on any atom is 0.221 e. The fourth-order valence-corrected chi connectivity index (χ4v) is 0.692. The van der Waals surface area contributed by atoms with E-state index in [9.17, 15) is 4.79 Å². The number of carbonyl (C=O) groups excluding carboxylic acids is 1. The first-order valence-electron chi connectivity index (χ1n) is 2.92. The smallest absolute Gasteiger partial charge is 0.221 e. The lowest BCUT2D eigenvalue weighted by atomic mass is 10.2. The molecule has 0 aromatic heterocycles. The van der Waals surface area contributed by atoms with Crippen molar-refractivity contribution in [3.8, 4) is 0 Å². The van der Waals surface area contributed by atoms with Gasteiger partial charge in [-0.15, -0.1) is 12.6 Å². The van der Waals surface area contributed by atoms with Crippen molar-refractivity contribution < 1.29 is 4.79 Å². The highest BCUT2D eigenvalue weighted by molar-refractivity contribution is 7.84. The molecule has 0 atom stereocenters. The van der Waals surface area contributed by atoms with Gasteiger partial charge in [0.15, 0.2) is 0 Å². The monoisotopic (exact) mass is 173 g/mol. The third-order valence-corrected chi connectivity index (χ3v) is 1.28. The van der Waals surface area contributed by atoms with Crippen molar-refractivity contribution in [2.45, 2.75) is 6.42 Å². The highest BCUT2D eigenvalue weighted by Gasteiger charge is 2.00. The molecular weight excluding hydrogens is 162 g/mol. The van der Waals surface area contributed by atoms with E-state index >= 15 is 0 Å². The van der Waals surface area contributed by atoms with Crippen LogP contribution in [0.5, 0.6) is 0 Å². The molecule has 0 heterocycles. The molecule has 0 saturated heterocycles. The van der Waals surface area contributed by atoms with Crippen LogP contribution in [-0.4, -0.2) is 5.91 Å². The first-order valence-corrected chi connectivity index (χ1v) is 3.36. The summed E-state index contributed by atoms with van der Waals surface area (Å²) in [5.41, 5.74) is 15.8. The SMILES string of the molecule is N/C=C\C(CC(N)=O)=C(/N)S. The summed E-state index contributed by atoms with van der Waals surface area (Å²) in [6.07, 6.45) is 2.83. The molecule has 0 radical (unpaired) electrons. The van der Waals surface area contributed by atoms with Crippen LogP contribution in [0.1, 0.15) is 6.42 Å². The van der Waals surface area contributed by atoms with Gasteiger partial charge in [-0.2, -0.15) is 0 Å². The standard InChI is InChI=1S/C6H11N3OS/c7-2-1-4(6(9)11)3-5(8)10/h1-2,11H,3,7,9H2,(H2,8,10)/b2-1-,6-4-. The summed E-state index contributed by atoms with van der Waals surface area (Å²) in [5, 5.41) is 0.255. The maximum atomic E-state index is 10.4. The lowest BCUT2D eigenvalue weighted by Crippen LogP contribution is -2.12. The summed E-state index contributed by atoms with van der Waals surface area (Å²) >= 11 is 3.84. The van der Waals surface area contributed by atoms with Crippen molar-refractivity contribution in [2.75, 3.05) is 0 Å². The van der Waals surface area contributed by atoms with Gasteiger partial charge in [-0.25, -0.2) is 0 Å². The second-order valence-corrected chi connectivity index (χ2v) is 2.39. The van der Waals surface area contributed by atoms with Crippen molar-refractivity contribution in [3.05, 3.63) is 22.9 Å². The van der Waals surface area contributed by atoms with Crippen LogP contribution in [0, 0.1) is 0 Å². The van der Waals surface area contributed by atoms with Crippen molar-refractivity contribution in [2.24, 2.45) is 17.2 Å². The zero-order valence-corrected chi connectivity index (χ0v) is 6.84. The molecule has 0 aromatic carbocycles. The van der Waals surface area contributed by atoms with E-state index < -0.39 is 5.91 Å². The summed E-state index contributed by atoms with van der Waals surface area (Å²) in [6.45, 7) is 0. The minimum atomic E-state index is -0.463. The van der Waals surface area contributed by atoms with E-state index in [-0.39, 0.29) is 11.4 Å². The lowest BCUT2D eigenvalue weighted by Gasteiger charge is -1.99. The van der Waals surface area contributed by atoms with E-state index in [2.05, 4.69) is 12.6 Å². The Kier molecular flexibility index (Phi) is 4.21. The molecule has 11 heavy (non-hydrogen) atoms. The maximum absolute atomic E-state index is 10.4. The molecule has 0 saturated carbocycles. The first-order chi connectivity index (χ1) is 5.07. The molecule has 0 fully saturated rings. The molecule has 1 amide bonds. The molecule has 62 valence electrons. The van der Waals surface area contributed by atoms with Gasteiger partial charge < -0.3 is 17.2 Å². The molecule has 0 aliphatic carbocycles. The summed E-state index contributed by atoms with van der Waals surface area (Å²) in [5.74, 6) is -0.463. The number of allylic oxidation sites excluding steroid dienone is 1. The summed E-state index contributed by atoms with van der Waals surface area (Å²) in [7, 11) is 0. The summed E-state index contributed by atoms with van der Waals surface area (Å²) in [4.78, 5) is 10.4. The van der Waals surface area contributed by atoms with Gasteiger partial charge in [0.1, 0.15) is 0 Å². The van der Waals surface area contributed by atoms with Crippen LogP contribution < -0.4 is 17.2 Å².